The number of aromatic hydroxyl groups is 1. The second-order valence-corrected chi connectivity index (χ2v) is 8.22. The molecule has 0 bridgehead atoms. The van der Waals surface area contributed by atoms with E-state index in [2.05, 4.69) is 24.3 Å². The Hall–Kier alpha value is -2.03. The van der Waals surface area contributed by atoms with Crippen LogP contribution in [0.5, 0.6) is 5.75 Å². The van der Waals surface area contributed by atoms with E-state index in [1.165, 1.54) is 70.6 Å². The Balaban J connectivity index is 1.78. The van der Waals surface area contributed by atoms with Crippen molar-refractivity contribution in [2.45, 2.75) is 103 Å². The van der Waals surface area contributed by atoms with Crippen LogP contribution in [0.15, 0.2) is 42.5 Å². The molecule has 0 spiro atoms. The number of allylic oxidation sites excluding steroid dienone is 3. The van der Waals surface area contributed by atoms with Gasteiger partial charge in [0.05, 0.1) is 0 Å². The maximum atomic E-state index is 10.4. The molecule has 0 unspecified atom stereocenters. The van der Waals surface area contributed by atoms with Crippen LogP contribution >= 0.6 is 0 Å². The van der Waals surface area contributed by atoms with Gasteiger partial charge in [-0.05, 0) is 62.6 Å². The topological polar surface area (TPSA) is 57.5 Å². The van der Waals surface area contributed by atoms with Crippen molar-refractivity contribution in [1.82, 2.24) is 0 Å². The fourth-order valence-corrected chi connectivity index (χ4v) is 3.52. The molecule has 1 rings (SSSR count). The smallest absolute Gasteiger partial charge is 0.303 e. The van der Waals surface area contributed by atoms with Gasteiger partial charge in [0.25, 0.3) is 0 Å². The van der Waals surface area contributed by atoms with Gasteiger partial charge in [0.1, 0.15) is 5.75 Å². The Morgan fingerprint density at radius 1 is 0.633 bits per heavy atom. The summed E-state index contributed by atoms with van der Waals surface area (Å²) in [6.45, 7) is 0. The van der Waals surface area contributed by atoms with Crippen LogP contribution in [0.4, 0.5) is 0 Å². The van der Waals surface area contributed by atoms with Gasteiger partial charge in [-0.2, -0.15) is 0 Å². The highest BCUT2D eigenvalue weighted by atomic mass is 16.4. The molecule has 0 aliphatic heterocycles. The highest BCUT2D eigenvalue weighted by Crippen LogP contribution is 2.13. The van der Waals surface area contributed by atoms with Crippen molar-refractivity contribution in [3.8, 4) is 5.75 Å². The van der Waals surface area contributed by atoms with E-state index >= 15 is 0 Å². The van der Waals surface area contributed by atoms with E-state index in [1.807, 2.05) is 12.1 Å². The number of phenols is 1. The number of carboxylic acids is 1. The molecule has 0 aliphatic carbocycles. The van der Waals surface area contributed by atoms with E-state index in [-0.39, 0.29) is 0 Å². The first kappa shape index (κ1) is 26.0. The molecule has 2 N–H and O–H groups in total. The van der Waals surface area contributed by atoms with Gasteiger partial charge in [-0.1, -0.05) is 87.8 Å². The van der Waals surface area contributed by atoms with Gasteiger partial charge in [0.2, 0.25) is 0 Å². The second-order valence-electron chi connectivity index (χ2n) is 8.22. The van der Waals surface area contributed by atoms with Crippen LogP contribution in [0.25, 0.3) is 6.08 Å². The second kappa shape index (κ2) is 19.0. The normalized spacial score (nSPS) is 11.6. The minimum Gasteiger partial charge on any atom is -0.508 e. The molecule has 0 heterocycles. The summed E-state index contributed by atoms with van der Waals surface area (Å²) in [6.07, 6.45) is 27.6. The van der Waals surface area contributed by atoms with Crippen LogP contribution in [0.3, 0.4) is 0 Å². The number of unbranched alkanes of at least 4 members (excludes halogenated alkanes) is 13. The maximum absolute atomic E-state index is 10.4. The van der Waals surface area contributed by atoms with Crippen molar-refractivity contribution in [1.29, 1.82) is 0 Å². The molecule has 1 aromatic carbocycles. The molecule has 30 heavy (non-hydrogen) atoms. The zero-order chi connectivity index (χ0) is 21.7. The molecule has 0 atom stereocenters. The molecule has 1 aromatic rings. The van der Waals surface area contributed by atoms with Gasteiger partial charge in [-0.15, -0.1) is 0 Å². The predicted octanol–water partition coefficient (Wildman–Crippen LogP) is 8.29. The molecule has 3 heteroatoms. The van der Waals surface area contributed by atoms with Gasteiger partial charge < -0.3 is 10.2 Å². The monoisotopic (exact) mass is 414 g/mol. The lowest BCUT2D eigenvalue weighted by Gasteiger charge is -2.00. The highest BCUT2D eigenvalue weighted by molar-refractivity contribution is 5.66. The molecular formula is C27H42O3. The van der Waals surface area contributed by atoms with Crippen LogP contribution in [-0.2, 0) is 4.79 Å². The summed E-state index contributed by atoms with van der Waals surface area (Å²) < 4.78 is 0. The van der Waals surface area contributed by atoms with Crippen molar-refractivity contribution >= 4 is 12.0 Å². The third-order valence-corrected chi connectivity index (χ3v) is 5.37. The standard InChI is InChI=1S/C27H42O3/c28-26-23-21-25(22-24-26)19-17-15-13-11-9-7-5-3-1-2-4-6-8-10-12-14-16-18-20-27(29)30/h4,6,17,19,21-24,28H,1-3,5,7-16,18,20H2,(H,29,30)/b6-4-,19-17+. The molecule has 0 aliphatic rings. The SMILES string of the molecule is O=C(O)CCCCCCC/C=C\CCCCCCCCC/C=C/c1ccc(O)cc1. The van der Waals surface area contributed by atoms with Gasteiger partial charge in [0, 0.05) is 6.42 Å². The van der Waals surface area contributed by atoms with Gasteiger partial charge in [-0.3, -0.25) is 4.79 Å². The first-order chi connectivity index (χ1) is 14.7. The average molecular weight is 415 g/mol. The molecule has 0 radical (unpaired) electrons. The van der Waals surface area contributed by atoms with E-state index in [4.69, 9.17) is 5.11 Å². The minimum absolute atomic E-state index is 0.319. The average Bonchev–Trinajstić information content (AvgIpc) is 2.73. The summed E-state index contributed by atoms with van der Waals surface area (Å²) in [7, 11) is 0. The fourth-order valence-electron chi connectivity index (χ4n) is 3.52. The van der Waals surface area contributed by atoms with Crippen LogP contribution in [0, 0.1) is 0 Å². The Morgan fingerprint density at radius 2 is 1.07 bits per heavy atom. The van der Waals surface area contributed by atoms with Crippen molar-refractivity contribution in [2.24, 2.45) is 0 Å². The summed E-state index contributed by atoms with van der Waals surface area (Å²) in [4.78, 5) is 10.4. The highest BCUT2D eigenvalue weighted by Gasteiger charge is 1.96. The quantitative estimate of drug-likeness (QED) is 0.177. The van der Waals surface area contributed by atoms with Crippen molar-refractivity contribution in [3.05, 3.63) is 48.1 Å². The molecule has 0 aromatic heterocycles. The van der Waals surface area contributed by atoms with E-state index < -0.39 is 5.97 Å². The third-order valence-electron chi connectivity index (χ3n) is 5.37. The van der Waals surface area contributed by atoms with Crippen molar-refractivity contribution in [3.63, 3.8) is 0 Å². The molecule has 0 amide bonds. The summed E-state index contributed by atoms with van der Waals surface area (Å²) >= 11 is 0. The number of benzene rings is 1. The lowest BCUT2D eigenvalue weighted by molar-refractivity contribution is -0.137. The Morgan fingerprint density at radius 3 is 1.57 bits per heavy atom. The molecule has 0 fully saturated rings. The first-order valence-corrected chi connectivity index (χ1v) is 12.0. The summed E-state index contributed by atoms with van der Waals surface area (Å²) in [6, 6.07) is 7.33. The van der Waals surface area contributed by atoms with E-state index in [9.17, 15) is 9.90 Å². The maximum Gasteiger partial charge on any atom is 0.303 e. The minimum atomic E-state index is -0.673. The van der Waals surface area contributed by atoms with Crippen LogP contribution in [0.1, 0.15) is 108 Å². The van der Waals surface area contributed by atoms with Gasteiger partial charge in [0.15, 0.2) is 0 Å². The number of rotatable bonds is 19. The number of phenolic OH excluding ortho intramolecular Hbond substituents is 1. The van der Waals surface area contributed by atoms with E-state index in [1.54, 1.807) is 12.1 Å². The number of hydrogen-bond donors (Lipinski definition) is 2. The van der Waals surface area contributed by atoms with E-state index in [0.717, 1.165) is 31.2 Å². The lowest BCUT2D eigenvalue weighted by atomic mass is 10.1. The van der Waals surface area contributed by atoms with Crippen LogP contribution in [0.2, 0.25) is 0 Å². The molecule has 168 valence electrons. The Kier molecular flexibility index (Phi) is 16.4. The third kappa shape index (κ3) is 16.9. The van der Waals surface area contributed by atoms with E-state index in [0.29, 0.717) is 12.2 Å². The summed E-state index contributed by atoms with van der Waals surface area (Å²) in [5, 5.41) is 17.8. The van der Waals surface area contributed by atoms with Gasteiger partial charge in [-0.25, -0.2) is 0 Å². The summed E-state index contributed by atoms with van der Waals surface area (Å²) in [5.41, 5.74) is 1.15. The van der Waals surface area contributed by atoms with Crippen LogP contribution in [-0.4, -0.2) is 16.2 Å². The first-order valence-electron chi connectivity index (χ1n) is 12.0. The molecule has 0 saturated carbocycles. The lowest BCUT2D eigenvalue weighted by Crippen LogP contribution is -1.93. The van der Waals surface area contributed by atoms with Crippen LogP contribution < -0.4 is 0 Å². The molecule has 3 nitrogen and oxygen atoms in total. The number of carboxylic acid groups (broad SMARTS) is 1. The number of aliphatic carboxylic acids is 1. The summed E-state index contributed by atoms with van der Waals surface area (Å²) in [5.74, 6) is -0.352. The van der Waals surface area contributed by atoms with Crippen molar-refractivity contribution < 1.29 is 15.0 Å². The Bertz CT molecular complexity index is 587. The predicted molar refractivity (Wildman–Crippen MR) is 128 cm³/mol. The zero-order valence-corrected chi connectivity index (χ0v) is 18.7. The number of carbonyl (C=O) groups is 1. The number of hydrogen-bond acceptors (Lipinski definition) is 2. The molecule has 0 saturated heterocycles. The van der Waals surface area contributed by atoms with Gasteiger partial charge >= 0.3 is 5.97 Å². The molecular weight excluding hydrogens is 372 g/mol. The Labute approximate surface area is 183 Å². The van der Waals surface area contributed by atoms with Crippen molar-refractivity contribution in [2.75, 3.05) is 0 Å². The largest absolute Gasteiger partial charge is 0.508 e. The zero-order valence-electron chi connectivity index (χ0n) is 18.7. The fraction of sp³-hybridized carbons (Fsp3) is 0.593.